The molecule has 0 bridgehead atoms. The zero-order valence-corrected chi connectivity index (χ0v) is 9.82. The van der Waals surface area contributed by atoms with Crippen molar-refractivity contribution in [3.63, 3.8) is 0 Å². The largest absolute Gasteiger partial charge is 0.323 e. The second-order valence-electron chi connectivity index (χ2n) is 4.13. The van der Waals surface area contributed by atoms with Crippen molar-refractivity contribution < 1.29 is 0 Å². The highest BCUT2D eigenvalue weighted by Crippen LogP contribution is 2.10. The second kappa shape index (κ2) is 6.59. The van der Waals surface area contributed by atoms with E-state index in [-0.39, 0.29) is 6.04 Å². The molecule has 0 fully saturated rings. The summed E-state index contributed by atoms with van der Waals surface area (Å²) in [5, 5.41) is 0. The van der Waals surface area contributed by atoms with Crippen molar-refractivity contribution in [2.45, 2.75) is 25.8 Å². The Balaban J connectivity index is 2.38. The van der Waals surface area contributed by atoms with Crippen molar-refractivity contribution in [2.24, 2.45) is 5.73 Å². The van der Waals surface area contributed by atoms with Crippen molar-refractivity contribution in [3.8, 4) is 0 Å². The van der Waals surface area contributed by atoms with Crippen LogP contribution in [-0.4, -0.2) is 25.0 Å². The van der Waals surface area contributed by atoms with E-state index in [4.69, 9.17) is 5.73 Å². The molecular weight excluding hydrogens is 184 g/mol. The maximum absolute atomic E-state index is 6.13. The minimum absolute atomic E-state index is 0.132. The van der Waals surface area contributed by atoms with Crippen molar-refractivity contribution in [1.29, 1.82) is 0 Å². The van der Waals surface area contributed by atoms with Gasteiger partial charge in [0.1, 0.15) is 0 Å². The topological polar surface area (TPSA) is 29.3 Å². The van der Waals surface area contributed by atoms with Crippen LogP contribution in [0.15, 0.2) is 30.3 Å². The van der Waals surface area contributed by atoms with Crippen LogP contribution in [0.25, 0.3) is 0 Å². The Labute approximate surface area is 93.1 Å². The molecule has 0 aromatic heterocycles. The summed E-state index contributed by atoms with van der Waals surface area (Å²) >= 11 is 0. The summed E-state index contributed by atoms with van der Waals surface area (Å²) in [6, 6.07) is 10.4. The Bertz CT molecular complexity index is 258. The van der Waals surface area contributed by atoms with Gasteiger partial charge in [0.05, 0.1) is 0 Å². The fraction of sp³-hybridized carbons (Fsp3) is 0.538. The highest BCUT2D eigenvalue weighted by molar-refractivity contribution is 5.18. The molecule has 2 nitrogen and oxygen atoms in total. The highest BCUT2D eigenvalue weighted by Gasteiger charge is 2.07. The molecule has 1 aromatic carbocycles. The summed E-state index contributed by atoms with van der Waals surface area (Å²) in [6.07, 6.45) is 2.49. The molecule has 0 aliphatic carbocycles. The number of hydrogen-bond acceptors (Lipinski definition) is 2. The Hall–Kier alpha value is -0.860. The van der Waals surface area contributed by atoms with Gasteiger partial charge in [0.2, 0.25) is 0 Å². The number of likely N-dealkylation sites (N-methyl/N-ethyl adjacent to an activating group) is 1. The maximum atomic E-state index is 6.13. The fourth-order valence-electron chi connectivity index (χ4n) is 1.66. The summed E-state index contributed by atoms with van der Waals surface area (Å²) in [4.78, 5) is 2.31. The summed E-state index contributed by atoms with van der Waals surface area (Å²) in [7, 11) is 2.14. The molecule has 1 unspecified atom stereocenters. The third-order valence-corrected chi connectivity index (χ3v) is 2.63. The van der Waals surface area contributed by atoms with Gasteiger partial charge in [0.25, 0.3) is 0 Å². The van der Waals surface area contributed by atoms with Crippen LogP contribution in [0.4, 0.5) is 0 Å². The molecule has 15 heavy (non-hydrogen) atoms. The molecule has 84 valence electrons. The van der Waals surface area contributed by atoms with E-state index in [9.17, 15) is 0 Å². The first kappa shape index (κ1) is 12.2. The lowest BCUT2D eigenvalue weighted by molar-refractivity contribution is 0.307. The highest BCUT2D eigenvalue weighted by atomic mass is 15.1. The number of unbranched alkanes of at least 4 members (excludes halogenated alkanes) is 1. The SMILES string of the molecule is CCCCN(C)CC(N)c1ccccc1. The van der Waals surface area contributed by atoms with Gasteiger partial charge in [-0.25, -0.2) is 0 Å². The van der Waals surface area contributed by atoms with Crippen molar-refractivity contribution in [3.05, 3.63) is 35.9 Å². The molecule has 0 amide bonds. The van der Waals surface area contributed by atoms with E-state index >= 15 is 0 Å². The predicted molar refractivity (Wildman–Crippen MR) is 65.8 cm³/mol. The Kier molecular flexibility index (Phi) is 5.37. The molecule has 0 heterocycles. The third kappa shape index (κ3) is 4.45. The van der Waals surface area contributed by atoms with E-state index in [1.54, 1.807) is 0 Å². The van der Waals surface area contributed by atoms with Crippen LogP contribution < -0.4 is 5.73 Å². The first-order valence-electron chi connectivity index (χ1n) is 5.73. The van der Waals surface area contributed by atoms with Crippen LogP contribution in [-0.2, 0) is 0 Å². The standard InChI is InChI=1S/C13H22N2/c1-3-4-10-15(2)11-13(14)12-8-6-5-7-9-12/h5-9,13H,3-4,10-11,14H2,1-2H3. The molecular formula is C13H22N2. The Morgan fingerprint density at radius 1 is 1.27 bits per heavy atom. The normalized spacial score (nSPS) is 13.1. The molecule has 0 aliphatic heterocycles. The van der Waals surface area contributed by atoms with Gasteiger partial charge in [0.15, 0.2) is 0 Å². The van der Waals surface area contributed by atoms with E-state index in [0.717, 1.165) is 13.1 Å². The van der Waals surface area contributed by atoms with Crippen LogP contribution in [0, 0.1) is 0 Å². The van der Waals surface area contributed by atoms with Gasteiger partial charge in [-0.05, 0) is 25.6 Å². The average Bonchev–Trinajstić information content (AvgIpc) is 2.27. The van der Waals surface area contributed by atoms with E-state index in [2.05, 4.69) is 31.0 Å². The van der Waals surface area contributed by atoms with Crippen molar-refractivity contribution in [1.82, 2.24) is 4.90 Å². The molecule has 0 saturated heterocycles. The number of rotatable bonds is 6. The number of benzene rings is 1. The quantitative estimate of drug-likeness (QED) is 0.774. The van der Waals surface area contributed by atoms with Crippen LogP contribution in [0.3, 0.4) is 0 Å². The van der Waals surface area contributed by atoms with Gasteiger partial charge in [-0.1, -0.05) is 43.7 Å². The monoisotopic (exact) mass is 206 g/mol. The second-order valence-corrected chi connectivity index (χ2v) is 4.13. The Morgan fingerprint density at radius 2 is 1.93 bits per heavy atom. The first-order chi connectivity index (χ1) is 7.24. The van der Waals surface area contributed by atoms with Gasteiger partial charge < -0.3 is 10.6 Å². The molecule has 0 aliphatic rings. The minimum Gasteiger partial charge on any atom is -0.323 e. The molecule has 0 radical (unpaired) electrons. The van der Waals surface area contributed by atoms with Gasteiger partial charge in [-0.15, -0.1) is 0 Å². The summed E-state index contributed by atoms with van der Waals surface area (Å²) in [5.74, 6) is 0. The van der Waals surface area contributed by atoms with E-state index in [1.165, 1.54) is 18.4 Å². The summed E-state index contributed by atoms with van der Waals surface area (Å²) < 4.78 is 0. The molecule has 2 heteroatoms. The zero-order valence-electron chi connectivity index (χ0n) is 9.82. The fourth-order valence-corrected chi connectivity index (χ4v) is 1.66. The minimum atomic E-state index is 0.132. The molecule has 1 atom stereocenters. The van der Waals surface area contributed by atoms with Gasteiger partial charge >= 0.3 is 0 Å². The van der Waals surface area contributed by atoms with Crippen LogP contribution in [0.1, 0.15) is 31.4 Å². The first-order valence-corrected chi connectivity index (χ1v) is 5.73. The lowest BCUT2D eigenvalue weighted by Gasteiger charge is -2.21. The summed E-state index contributed by atoms with van der Waals surface area (Å²) in [5.41, 5.74) is 7.35. The number of hydrogen-bond donors (Lipinski definition) is 1. The maximum Gasteiger partial charge on any atom is 0.0424 e. The van der Waals surface area contributed by atoms with Crippen LogP contribution in [0.5, 0.6) is 0 Å². The number of nitrogens with zero attached hydrogens (tertiary/aromatic N) is 1. The Morgan fingerprint density at radius 3 is 2.53 bits per heavy atom. The third-order valence-electron chi connectivity index (χ3n) is 2.63. The van der Waals surface area contributed by atoms with Gasteiger partial charge in [-0.3, -0.25) is 0 Å². The number of nitrogens with two attached hydrogens (primary N) is 1. The summed E-state index contributed by atoms with van der Waals surface area (Å²) in [6.45, 7) is 4.28. The lowest BCUT2D eigenvalue weighted by Crippen LogP contribution is -2.29. The van der Waals surface area contributed by atoms with Crippen LogP contribution >= 0.6 is 0 Å². The zero-order chi connectivity index (χ0) is 11.1. The van der Waals surface area contributed by atoms with Crippen LogP contribution in [0.2, 0.25) is 0 Å². The van der Waals surface area contributed by atoms with Gasteiger partial charge in [0, 0.05) is 12.6 Å². The molecule has 1 rings (SSSR count). The smallest absolute Gasteiger partial charge is 0.0424 e. The molecule has 0 saturated carbocycles. The van der Waals surface area contributed by atoms with Gasteiger partial charge in [-0.2, -0.15) is 0 Å². The van der Waals surface area contributed by atoms with Crippen molar-refractivity contribution >= 4 is 0 Å². The van der Waals surface area contributed by atoms with E-state index in [1.807, 2.05) is 18.2 Å². The van der Waals surface area contributed by atoms with E-state index in [0.29, 0.717) is 0 Å². The lowest BCUT2D eigenvalue weighted by atomic mass is 10.1. The molecule has 0 spiro atoms. The predicted octanol–water partition coefficient (Wildman–Crippen LogP) is 2.42. The average molecular weight is 206 g/mol. The van der Waals surface area contributed by atoms with E-state index < -0.39 is 0 Å². The van der Waals surface area contributed by atoms with Crippen molar-refractivity contribution in [2.75, 3.05) is 20.1 Å². The molecule has 1 aromatic rings. The molecule has 2 N–H and O–H groups in total.